The van der Waals surface area contributed by atoms with E-state index in [9.17, 15) is 14.4 Å². The molecule has 0 saturated carbocycles. The molecule has 0 aromatic heterocycles. The number of nitrogens with one attached hydrogen (secondary N) is 2. The molecule has 1 aliphatic rings. The topological polar surface area (TPSA) is 78.5 Å². The maximum Gasteiger partial charge on any atom is 0.325 e. The third kappa shape index (κ3) is 3.84. The molecule has 6 nitrogen and oxygen atoms in total. The van der Waals surface area contributed by atoms with Gasteiger partial charge in [0.2, 0.25) is 5.91 Å². The maximum atomic E-state index is 12.1. The summed E-state index contributed by atoms with van der Waals surface area (Å²) in [6.07, 6.45) is 0.570. The second-order valence-electron chi connectivity index (χ2n) is 5.97. The molecule has 1 aromatic rings. The summed E-state index contributed by atoms with van der Waals surface area (Å²) in [5.41, 5.74) is 1.73. The predicted molar refractivity (Wildman–Crippen MR) is 83.3 cm³/mol. The van der Waals surface area contributed by atoms with E-state index >= 15 is 0 Å². The van der Waals surface area contributed by atoms with Crippen LogP contribution in [0.3, 0.4) is 0 Å². The third-order valence-corrected chi connectivity index (χ3v) is 3.45. The summed E-state index contributed by atoms with van der Waals surface area (Å²) >= 11 is 0. The van der Waals surface area contributed by atoms with Gasteiger partial charge in [0.05, 0.1) is 0 Å². The van der Waals surface area contributed by atoms with Crippen molar-refractivity contribution >= 4 is 23.5 Å². The SMILES string of the molecule is Cc1ccc(NC(=O)CN2C(=O)N[C@@H](CC(C)C)C2=O)cc1. The second-order valence-corrected chi connectivity index (χ2v) is 5.97. The van der Waals surface area contributed by atoms with Gasteiger partial charge >= 0.3 is 6.03 Å². The Kier molecular flexibility index (Phi) is 4.80. The number of hydrogen-bond acceptors (Lipinski definition) is 3. The average molecular weight is 303 g/mol. The first kappa shape index (κ1) is 16.0. The second kappa shape index (κ2) is 6.60. The first-order chi connectivity index (χ1) is 10.4. The van der Waals surface area contributed by atoms with Crippen molar-refractivity contribution in [2.75, 3.05) is 11.9 Å². The van der Waals surface area contributed by atoms with Gasteiger partial charge in [-0.05, 0) is 31.4 Å². The molecule has 6 heteroatoms. The number of rotatable bonds is 5. The Labute approximate surface area is 129 Å². The number of carbonyl (C=O) groups excluding carboxylic acids is 3. The van der Waals surface area contributed by atoms with Crippen LogP contribution in [0.25, 0.3) is 0 Å². The number of urea groups is 1. The van der Waals surface area contributed by atoms with Crippen LogP contribution >= 0.6 is 0 Å². The largest absolute Gasteiger partial charge is 0.326 e. The molecule has 0 bridgehead atoms. The molecule has 1 aromatic carbocycles. The van der Waals surface area contributed by atoms with Crippen LogP contribution in [0.4, 0.5) is 10.5 Å². The minimum Gasteiger partial charge on any atom is -0.326 e. The minimum absolute atomic E-state index is 0.271. The van der Waals surface area contributed by atoms with Gasteiger partial charge in [0.15, 0.2) is 0 Å². The fourth-order valence-corrected chi connectivity index (χ4v) is 2.34. The number of aryl methyl sites for hydroxylation is 1. The van der Waals surface area contributed by atoms with Gasteiger partial charge in [0.1, 0.15) is 12.6 Å². The van der Waals surface area contributed by atoms with Gasteiger partial charge in [0.25, 0.3) is 5.91 Å². The van der Waals surface area contributed by atoms with E-state index in [0.29, 0.717) is 12.1 Å². The summed E-state index contributed by atoms with van der Waals surface area (Å²) in [5.74, 6) is -0.439. The van der Waals surface area contributed by atoms with Gasteiger partial charge < -0.3 is 10.6 Å². The van der Waals surface area contributed by atoms with E-state index in [4.69, 9.17) is 0 Å². The molecule has 1 atom stereocenters. The number of amides is 4. The van der Waals surface area contributed by atoms with E-state index in [2.05, 4.69) is 10.6 Å². The molecule has 0 aliphatic carbocycles. The van der Waals surface area contributed by atoms with Crippen molar-refractivity contribution in [3.05, 3.63) is 29.8 Å². The number of carbonyl (C=O) groups is 3. The highest BCUT2D eigenvalue weighted by atomic mass is 16.2. The highest BCUT2D eigenvalue weighted by Crippen LogP contribution is 2.14. The highest BCUT2D eigenvalue weighted by molar-refractivity contribution is 6.07. The van der Waals surface area contributed by atoms with E-state index < -0.39 is 18.0 Å². The van der Waals surface area contributed by atoms with Crippen LogP contribution in [-0.4, -0.2) is 35.3 Å². The quantitative estimate of drug-likeness (QED) is 0.815. The van der Waals surface area contributed by atoms with Crippen LogP contribution < -0.4 is 10.6 Å². The Hall–Kier alpha value is -2.37. The Morgan fingerprint density at radius 1 is 1.27 bits per heavy atom. The lowest BCUT2D eigenvalue weighted by molar-refractivity contribution is -0.131. The van der Waals surface area contributed by atoms with Crippen LogP contribution in [0, 0.1) is 12.8 Å². The van der Waals surface area contributed by atoms with Gasteiger partial charge in [-0.2, -0.15) is 0 Å². The Bertz CT molecular complexity index is 581. The zero-order valence-electron chi connectivity index (χ0n) is 13.1. The standard InChI is InChI=1S/C16H21N3O3/c1-10(2)8-13-15(21)19(16(22)18-13)9-14(20)17-12-6-4-11(3)5-7-12/h4-7,10,13H,8-9H2,1-3H3,(H,17,20)(H,18,22)/t13-/m0/s1. The maximum absolute atomic E-state index is 12.1. The zero-order chi connectivity index (χ0) is 16.3. The van der Waals surface area contributed by atoms with E-state index in [1.165, 1.54) is 0 Å². The molecule has 1 fully saturated rings. The minimum atomic E-state index is -0.528. The summed E-state index contributed by atoms with van der Waals surface area (Å²) in [6.45, 7) is 5.64. The van der Waals surface area contributed by atoms with E-state index in [1.807, 2.05) is 32.9 Å². The summed E-state index contributed by atoms with van der Waals surface area (Å²) in [6, 6.07) is 6.28. The van der Waals surface area contributed by atoms with Crippen molar-refractivity contribution in [2.45, 2.75) is 33.2 Å². The summed E-state index contributed by atoms with van der Waals surface area (Å²) in [4.78, 5) is 36.9. The molecule has 1 heterocycles. The molecule has 1 aliphatic heterocycles. The van der Waals surface area contributed by atoms with Crippen molar-refractivity contribution in [3.8, 4) is 0 Å². The average Bonchev–Trinajstić information content (AvgIpc) is 2.68. The van der Waals surface area contributed by atoms with Crippen molar-refractivity contribution in [2.24, 2.45) is 5.92 Å². The molecule has 118 valence electrons. The Balaban J connectivity index is 1.95. The third-order valence-electron chi connectivity index (χ3n) is 3.45. The Morgan fingerprint density at radius 2 is 1.91 bits per heavy atom. The molecule has 2 rings (SSSR count). The fourth-order valence-electron chi connectivity index (χ4n) is 2.34. The van der Waals surface area contributed by atoms with Crippen molar-refractivity contribution in [1.29, 1.82) is 0 Å². The van der Waals surface area contributed by atoms with Crippen LogP contribution in [-0.2, 0) is 9.59 Å². The van der Waals surface area contributed by atoms with Gasteiger partial charge in [-0.15, -0.1) is 0 Å². The fraction of sp³-hybridized carbons (Fsp3) is 0.438. The highest BCUT2D eigenvalue weighted by Gasteiger charge is 2.38. The molecule has 0 radical (unpaired) electrons. The molecule has 2 N–H and O–H groups in total. The molecule has 1 saturated heterocycles. The number of hydrogen-bond donors (Lipinski definition) is 2. The molecular weight excluding hydrogens is 282 g/mol. The predicted octanol–water partition coefficient (Wildman–Crippen LogP) is 1.90. The molecule has 4 amide bonds. The van der Waals surface area contributed by atoms with Gasteiger partial charge in [-0.1, -0.05) is 31.5 Å². The summed E-state index contributed by atoms with van der Waals surface area (Å²) in [5, 5.41) is 5.30. The van der Waals surface area contributed by atoms with Crippen LogP contribution in [0.2, 0.25) is 0 Å². The number of nitrogens with zero attached hydrogens (tertiary/aromatic N) is 1. The van der Waals surface area contributed by atoms with Crippen LogP contribution in [0.5, 0.6) is 0 Å². The Morgan fingerprint density at radius 3 is 2.50 bits per heavy atom. The lowest BCUT2D eigenvalue weighted by Gasteiger charge is -2.13. The van der Waals surface area contributed by atoms with Crippen molar-refractivity contribution < 1.29 is 14.4 Å². The first-order valence-electron chi connectivity index (χ1n) is 7.35. The van der Waals surface area contributed by atoms with E-state index in [1.54, 1.807) is 12.1 Å². The van der Waals surface area contributed by atoms with Gasteiger partial charge in [-0.25, -0.2) is 4.79 Å². The summed E-state index contributed by atoms with van der Waals surface area (Å²) in [7, 11) is 0. The zero-order valence-corrected chi connectivity index (χ0v) is 13.1. The molecule has 0 unspecified atom stereocenters. The lowest BCUT2D eigenvalue weighted by atomic mass is 10.0. The van der Waals surface area contributed by atoms with E-state index in [-0.39, 0.29) is 18.4 Å². The normalized spacial score (nSPS) is 17.8. The molecular formula is C16H21N3O3. The molecule has 0 spiro atoms. The van der Waals surface area contributed by atoms with E-state index in [0.717, 1.165) is 10.5 Å². The van der Waals surface area contributed by atoms with Crippen LogP contribution in [0.15, 0.2) is 24.3 Å². The van der Waals surface area contributed by atoms with Gasteiger partial charge in [-0.3, -0.25) is 14.5 Å². The first-order valence-corrected chi connectivity index (χ1v) is 7.35. The van der Waals surface area contributed by atoms with Gasteiger partial charge in [0, 0.05) is 5.69 Å². The lowest BCUT2D eigenvalue weighted by Crippen LogP contribution is -2.38. The monoisotopic (exact) mass is 303 g/mol. The summed E-state index contributed by atoms with van der Waals surface area (Å²) < 4.78 is 0. The van der Waals surface area contributed by atoms with Crippen LogP contribution in [0.1, 0.15) is 25.8 Å². The number of imide groups is 1. The molecule has 22 heavy (non-hydrogen) atoms. The number of anilines is 1. The number of benzene rings is 1. The smallest absolute Gasteiger partial charge is 0.325 e. The van der Waals surface area contributed by atoms with Crippen molar-refractivity contribution in [3.63, 3.8) is 0 Å². The van der Waals surface area contributed by atoms with Crippen molar-refractivity contribution in [1.82, 2.24) is 10.2 Å².